The molecule has 5 aromatic rings. The summed E-state index contributed by atoms with van der Waals surface area (Å²) in [5.41, 5.74) is 3.99. The SMILES string of the molecule is FC(F)(F)Oc1ccc(-n2cnc(-c3ccc(NC(=S)Nc4ncccc4-c4ccccc4)cc3)n2)cc1. The summed E-state index contributed by atoms with van der Waals surface area (Å²) < 4.78 is 42.5. The number of thiocarbonyl (C=S) groups is 1. The summed E-state index contributed by atoms with van der Waals surface area (Å²) >= 11 is 5.49. The summed E-state index contributed by atoms with van der Waals surface area (Å²) in [6.45, 7) is 0. The van der Waals surface area contributed by atoms with E-state index < -0.39 is 6.36 Å². The van der Waals surface area contributed by atoms with Gasteiger partial charge < -0.3 is 15.4 Å². The minimum absolute atomic E-state index is 0.309. The Morgan fingerprint density at radius 1 is 0.789 bits per heavy atom. The van der Waals surface area contributed by atoms with Gasteiger partial charge in [-0.2, -0.15) is 0 Å². The van der Waals surface area contributed by atoms with Crippen molar-refractivity contribution in [2.45, 2.75) is 6.36 Å². The summed E-state index contributed by atoms with van der Waals surface area (Å²) in [5, 5.41) is 11.1. The number of hydrogen-bond acceptors (Lipinski definition) is 5. The van der Waals surface area contributed by atoms with Crippen LogP contribution in [0.25, 0.3) is 28.2 Å². The molecule has 2 heterocycles. The van der Waals surface area contributed by atoms with Gasteiger partial charge in [0.15, 0.2) is 10.9 Å². The largest absolute Gasteiger partial charge is 0.573 e. The van der Waals surface area contributed by atoms with Crippen molar-refractivity contribution in [3.8, 4) is 34.0 Å². The highest BCUT2D eigenvalue weighted by Crippen LogP contribution is 2.26. The number of ether oxygens (including phenoxy) is 1. The fourth-order valence-electron chi connectivity index (χ4n) is 3.65. The maximum Gasteiger partial charge on any atom is 0.573 e. The Bertz CT molecular complexity index is 1540. The van der Waals surface area contributed by atoms with Crippen molar-refractivity contribution in [2.75, 3.05) is 10.6 Å². The molecule has 11 heteroatoms. The van der Waals surface area contributed by atoms with Gasteiger partial charge in [-0.3, -0.25) is 0 Å². The third-order valence-electron chi connectivity index (χ3n) is 5.35. The number of nitrogens with one attached hydrogen (secondary N) is 2. The lowest BCUT2D eigenvalue weighted by Crippen LogP contribution is -2.20. The van der Waals surface area contributed by atoms with Gasteiger partial charge in [-0.15, -0.1) is 18.3 Å². The highest BCUT2D eigenvalue weighted by atomic mass is 32.1. The molecule has 3 aromatic carbocycles. The monoisotopic (exact) mass is 532 g/mol. The van der Waals surface area contributed by atoms with Gasteiger partial charge in [0.1, 0.15) is 17.9 Å². The summed E-state index contributed by atoms with van der Waals surface area (Å²) in [5.74, 6) is 0.783. The van der Waals surface area contributed by atoms with Crippen molar-refractivity contribution in [1.29, 1.82) is 0 Å². The Balaban J connectivity index is 1.23. The van der Waals surface area contributed by atoms with Gasteiger partial charge in [0.2, 0.25) is 0 Å². The van der Waals surface area contributed by atoms with E-state index in [1.165, 1.54) is 35.3 Å². The molecular weight excluding hydrogens is 513 g/mol. The van der Waals surface area contributed by atoms with Crippen LogP contribution >= 0.6 is 12.2 Å². The Morgan fingerprint density at radius 3 is 2.24 bits per heavy atom. The van der Waals surface area contributed by atoms with Crippen LogP contribution in [0.3, 0.4) is 0 Å². The van der Waals surface area contributed by atoms with Crippen LogP contribution in [0, 0.1) is 0 Å². The van der Waals surface area contributed by atoms with Gasteiger partial charge in [-0.05, 0) is 78.4 Å². The second-order valence-electron chi connectivity index (χ2n) is 7.98. The van der Waals surface area contributed by atoms with E-state index >= 15 is 0 Å². The van der Waals surface area contributed by atoms with Gasteiger partial charge in [-0.1, -0.05) is 30.3 Å². The number of halogens is 3. The third kappa shape index (κ3) is 6.13. The standard InChI is InChI=1S/C27H19F3N6OS/c28-27(29,30)37-22-14-12-21(13-15-22)36-17-32-24(35-36)19-8-10-20(11-9-19)33-26(38)34-25-23(7-4-16-31-25)18-5-2-1-3-6-18/h1-17H,(H2,31,33,34,38). The molecule has 0 fully saturated rings. The molecule has 7 nitrogen and oxygen atoms in total. The number of anilines is 2. The number of benzene rings is 3. The molecule has 0 aliphatic heterocycles. The van der Waals surface area contributed by atoms with Gasteiger partial charge in [0.05, 0.1) is 5.69 Å². The zero-order valence-electron chi connectivity index (χ0n) is 19.6. The molecule has 2 N–H and O–H groups in total. The van der Waals surface area contributed by atoms with Crippen LogP contribution in [0.2, 0.25) is 0 Å². The van der Waals surface area contributed by atoms with Crippen molar-refractivity contribution in [2.24, 2.45) is 0 Å². The number of alkyl halides is 3. The number of aromatic nitrogens is 4. The zero-order chi connectivity index (χ0) is 26.5. The van der Waals surface area contributed by atoms with Crippen molar-refractivity contribution < 1.29 is 17.9 Å². The molecule has 0 atom stereocenters. The van der Waals surface area contributed by atoms with Crippen molar-refractivity contribution in [3.63, 3.8) is 0 Å². The first-order valence-electron chi connectivity index (χ1n) is 11.3. The number of pyridine rings is 1. The molecule has 38 heavy (non-hydrogen) atoms. The quantitative estimate of drug-likeness (QED) is 0.236. The Labute approximate surface area is 221 Å². The van der Waals surface area contributed by atoms with Gasteiger partial charge in [0, 0.05) is 23.0 Å². The van der Waals surface area contributed by atoms with Crippen LogP contribution < -0.4 is 15.4 Å². The fraction of sp³-hybridized carbons (Fsp3) is 0.0370. The van der Waals surface area contributed by atoms with E-state index in [2.05, 4.69) is 30.4 Å². The fourth-order valence-corrected chi connectivity index (χ4v) is 3.86. The molecule has 0 bridgehead atoms. The second-order valence-corrected chi connectivity index (χ2v) is 8.38. The Morgan fingerprint density at radius 2 is 1.53 bits per heavy atom. The van der Waals surface area contributed by atoms with Gasteiger partial charge in [-0.25, -0.2) is 14.6 Å². The van der Waals surface area contributed by atoms with Gasteiger partial charge in [0.25, 0.3) is 0 Å². The minimum atomic E-state index is -4.74. The van der Waals surface area contributed by atoms with E-state index in [1.54, 1.807) is 6.20 Å². The number of rotatable bonds is 6. The van der Waals surface area contributed by atoms with Crippen LogP contribution in [0.5, 0.6) is 5.75 Å². The van der Waals surface area contributed by atoms with E-state index in [4.69, 9.17) is 12.2 Å². The Hall–Kier alpha value is -4.77. The zero-order valence-corrected chi connectivity index (χ0v) is 20.4. The van der Waals surface area contributed by atoms with E-state index in [-0.39, 0.29) is 5.75 Å². The average Bonchev–Trinajstić information content (AvgIpc) is 3.40. The van der Waals surface area contributed by atoms with E-state index in [0.717, 1.165) is 22.4 Å². The highest BCUT2D eigenvalue weighted by molar-refractivity contribution is 7.80. The molecule has 0 spiro atoms. The van der Waals surface area contributed by atoms with Crippen LogP contribution in [0.1, 0.15) is 0 Å². The normalized spacial score (nSPS) is 11.1. The average molecular weight is 533 g/mol. The van der Waals surface area contributed by atoms with Crippen LogP contribution in [-0.4, -0.2) is 31.2 Å². The second kappa shape index (κ2) is 10.7. The summed E-state index contributed by atoms with van der Waals surface area (Å²) in [7, 11) is 0. The predicted molar refractivity (Wildman–Crippen MR) is 143 cm³/mol. The smallest absolute Gasteiger partial charge is 0.406 e. The van der Waals surface area contributed by atoms with Gasteiger partial charge >= 0.3 is 6.36 Å². The Kier molecular flexibility index (Phi) is 7.00. The lowest BCUT2D eigenvalue weighted by Gasteiger charge is -2.13. The molecule has 2 aromatic heterocycles. The first kappa shape index (κ1) is 24.9. The molecular formula is C27H19F3N6OS. The van der Waals surface area contributed by atoms with Crippen molar-refractivity contribution in [3.05, 3.63) is 104 Å². The van der Waals surface area contributed by atoms with E-state index in [0.29, 0.717) is 22.4 Å². The summed E-state index contributed by atoms with van der Waals surface area (Å²) in [6.07, 6.45) is -1.56. The summed E-state index contributed by atoms with van der Waals surface area (Å²) in [4.78, 5) is 8.73. The van der Waals surface area contributed by atoms with E-state index in [9.17, 15) is 13.2 Å². The molecule has 0 unspecified atom stereocenters. The maximum absolute atomic E-state index is 12.4. The molecule has 0 saturated heterocycles. The lowest BCUT2D eigenvalue weighted by atomic mass is 10.1. The first-order valence-corrected chi connectivity index (χ1v) is 11.7. The topological polar surface area (TPSA) is 76.9 Å². The lowest BCUT2D eigenvalue weighted by molar-refractivity contribution is -0.274. The van der Waals surface area contributed by atoms with Crippen molar-refractivity contribution >= 4 is 28.8 Å². The minimum Gasteiger partial charge on any atom is -0.406 e. The third-order valence-corrected chi connectivity index (χ3v) is 5.56. The molecule has 0 saturated carbocycles. The number of nitrogens with zero attached hydrogens (tertiary/aromatic N) is 4. The highest BCUT2D eigenvalue weighted by Gasteiger charge is 2.31. The van der Waals surface area contributed by atoms with E-state index in [1.807, 2.05) is 66.7 Å². The van der Waals surface area contributed by atoms with Crippen LogP contribution in [0.4, 0.5) is 24.7 Å². The number of hydrogen-bond donors (Lipinski definition) is 2. The van der Waals surface area contributed by atoms with Crippen molar-refractivity contribution in [1.82, 2.24) is 19.7 Å². The first-order chi connectivity index (χ1) is 18.3. The van der Waals surface area contributed by atoms with Crippen LogP contribution in [0.15, 0.2) is 104 Å². The van der Waals surface area contributed by atoms with Crippen LogP contribution in [-0.2, 0) is 0 Å². The molecule has 0 amide bonds. The maximum atomic E-state index is 12.4. The molecule has 5 rings (SSSR count). The molecule has 0 radical (unpaired) electrons. The predicted octanol–water partition coefficient (Wildman–Crippen LogP) is 6.70. The summed E-state index contributed by atoms with van der Waals surface area (Å²) in [6, 6.07) is 26.4. The molecule has 0 aliphatic rings. The molecule has 0 aliphatic carbocycles. The molecule has 190 valence electrons.